The minimum absolute atomic E-state index is 0.101. The highest BCUT2D eigenvalue weighted by Gasteiger charge is 2.44. The third-order valence-corrected chi connectivity index (χ3v) is 3.30. The van der Waals surface area contributed by atoms with E-state index in [1.807, 2.05) is 5.48 Å². The first-order valence-corrected chi connectivity index (χ1v) is 5.89. The Hall–Kier alpha value is -1.85. The highest BCUT2D eigenvalue weighted by atomic mass is 16.6. The topological polar surface area (TPSA) is 157 Å². The maximum Gasteiger partial charge on any atom is 0.181 e. The minimum Gasteiger partial charge on any atom is -0.394 e. The first kappa shape index (κ1) is 13.1. The van der Waals surface area contributed by atoms with Gasteiger partial charge in [0.25, 0.3) is 0 Å². The number of anilines is 1. The van der Waals surface area contributed by atoms with E-state index in [-0.39, 0.29) is 11.3 Å². The maximum atomic E-state index is 9.97. The smallest absolute Gasteiger partial charge is 0.181 e. The van der Waals surface area contributed by atoms with Gasteiger partial charge in [0.05, 0.1) is 12.3 Å². The van der Waals surface area contributed by atoms with E-state index >= 15 is 0 Å². The predicted molar refractivity (Wildman–Crippen MR) is 63.8 cm³/mol. The van der Waals surface area contributed by atoms with Crippen LogP contribution >= 0.6 is 0 Å². The molecule has 10 nitrogen and oxygen atoms in total. The molecule has 108 valence electrons. The average Bonchev–Trinajstić information content (AvgIpc) is 3.01. The Balaban J connectivity index is 2.03. The van der Waals surface area contributed by atoms with Crippen LogP contribution in [0.15, 0.2) is 6.33 Å². The number of aromatic nitrogens is 4. The largest absolute Gasteiger partial charge is 0.394 e. The van der Waals surface area contributed by atoms with E-state index in [1.165, 1.54) is 6.33 Å². The quantitative estimate of drug-likeness (QED) is 0.361. The summed E-state index contributed by atoms with van der Waals surface area (Å²) < 4.78 is 5.40. The summed E-state index contributed by atoms with van der Waals surface area (Å²) in [5.41, 5.74) is 2.83. The lowest BCUT2D eigenvalue weighted by molar-refractivity contribution is -0.0236. The second kappa shape index (κ2) is 4.92. The molecule has 20 heavy (non-hydrogen) atoms. The van der Waals surface area contributed by atoms with Crippen molar-refractivity contribution in [2.75, 3.05) is 12.1 Å². The van der Waals surface area contributed by atoms with Crippen LogP contribution in [0.1, 0.15) is 11.8 Å². The Morgan fingerprint density at radius 2 is 2.05 bits per heavy atom. The molecule has 0 unspecified atom stereocenters. The maximum absolute atomic E-state index is 9.97. The number of nitrogens with zero attached hydrogens (tertiary/aromatic N) is 3. The molecule has 2 aromatic rings. The molecule has 3 rings (SSSR count). The molecule has 1 aliphatic rings. The molecule has 0 radical (unpaired) electrons. The van der Waals surface area contributed by atoms with Gasteiger partial charge in [0, 0.05) is 0 Å². The summed E-state index contributed by atoms with van der Waals surface area (Å²) in [5.74, 6) is 0.101. The molecular formula is C10H13N5O5. The van der Waals surface area contributed by atoms with E-state index in [0.29, 0.717) is 11.2 Å². The monoisotopic (exact) mass is 283 g/mol. The van der Waals surface area contributed by atoms with Gasteiger partial charge in [0.2, 0.25) is 0 Å². The van der Waals surface area contributed by atoms with Crippen LogP contribution in [0.4, 0.5) is 5.82 Å². The molecular weight excluding hydrogens is 270 g/mol. The molecule has 0 aromatic carbocycles. The zero-order chi connectivity index (χ0) is 14.3. The highest BCUT2D eigenvalue weighted by Crippen LogP contribution is 2.35. The van der Waals surface area contributed by atoms with Crippen LogP contribution in [0.5, 0.6) is 0 Å². The summed E-state index contributed by atoms with van der Waals surface area (Å²) in [6.45, 7) is -0.417. The second-order valence-electron chi connectivity index (χ2n) is 4.43. The van der Waals surface area contributed by atoms with Gasteiger partial charge >= 0.3 is 0 Å². The van der Waals surface area contributed by atoms with Crippen LogP contribution in [0.2, 0.25) is 0 Å². The molecule has 0 bridgehead atoms. The fourth-order valence-electron chi connectivity index (χ4n) is 2.27. The lowest BCUT2D eigenvalue weighted by Crippen LogP contribution is -2.32. The minimum atomic E-state index is -1.23. The number of hydrogen-bond donors (Lipinski definition) is 6. The zero-order valence-electron chi connectivity index (χ0n) is 10.1. The highest BCUT2D eigenvalue weighted by molar-refractivity contribution is 5.86. The number of aromatic amines is 1. The normalized spacial score (nSPS) is 30.0. The summed E-state index contributed by atoms with van der Waals surface area (Å²) >= 11 is 0. The third kappa shape index (κ3) is 1.82. The van der Waals surface area contributed by atoms with Crippen LogP contribution in [0, 0.1) is 0 Å². The number of hydrogen-bond acceptors (Lipinski definition) is 9. The molecule has 0 saturated carbocycles. The molecule has 3 heterocycles. The molecule has 0 aliphatic carbocycles. The van der Waals surface area contributed by atoms with Crippen molar-refractivity contribution in [1.29, 1.82) is 0 Å². The van der Waals surface area contributed by atoms with Gasteiger partial charge in [0.1, 0.15) is 36.3 Å². The Labute approximate surface area is 112 Å². The van der Waals surface area contributed by atoms with E-state index in [4.69, 9.17) is 15.1 Å². The van der Waals surface area contributed by atoms with Crippen molar-refractivity contribution in [3.05, 3.63) is 12.0 Å². The average molecular weight is 283 g/mol. The van der Waals surface area contributed by atoms with Gasteiger partial charge in [-0.3, -0.25) is 15.8 Å². The Bertz CT molecular complexity index is 619. The van der Waals surface area contributed by atoms with Gasteiger partial charge in [0.15, 0.2) is 11.3 Å². The van der Waals surface area contributed by atoms with Crippen LogP contribution in [-0.2, 0) is 4.74 Å². The van der Waals surface area contributed by atoms with Gasteiger partial charge in [-0.15, -0.1) is 0 Å². The SMILES string of the molecule is OC[C@H]1O[C@@H](c2[nH]nc3c(NO)ncnc23)[C@H](O)[C@@H]1O. The van der Waals surface area contributed by atoms with Crippen molar-refractivity contribution >= 4 is 16.9 Å². The predicted octanol–water partition coefficient (Wildman–Crippen LogP) is -1.69. The molecule has 6 N–H and O–H groups in total. The van der Waals surface area contributed by atoms with E-state index in [9.17, 15) is 10.2 Å². The zero-order valence-corrected chi connectivity index (χ0v) is 10.1. The number of rotatable bonds is 3. The molecule has 1 fully saturated rings. The summed E-state index contributed by atoms with van der Waals surface area (Å²) in [5, 5.41) is 44.3. The number of nitrogens with one attached hydrogen (secondary N) is 2. The first-order valence-electron chi connectivity index (χ1n) is 5.89. The molecule has 4 atom stereocenters. The molecule has 10 heteroatoms. The van der Waals surface area contributed by atoms with Crippen molar-refractivity contribution in [3.63, 3.8) is 0 Å². The molecule has 1 saturated heterocycles. The van der Waals surface area contributed by atoms with Crippen molar-refractivity contribution < 1.29 is 25.3 Å². The van der Waals surface area contributed by atoms with Crippen LogP contribution < -0.4 is 5.48 Å². The Morgan fingerprint density at radius 1 is 1.25 bits per heavy atom. The van der Waals surface area contributed by atoms with Gasteiger partial charge in [-0.25, -0.2) is 9.97 Å². The van der Waals surface area contributed by atoms with Crippen molar-refractivity contribution in [2.45, 2.75) is 24.4 Å². The van der Waals surface area contributed by atoms with Crippen molar-refractivity contribution in [1.82, 2.24) is 20.2 Å². The number of fused-ring (bicyclic) bond motifs is 1. The number of ether oxygens (including phenoxy) is 1. The van der Waals surface area contributed by atoms with E-state index in [0.717, 1.165) is 0 Å². The fourth-order valence-corrected chi connectivity index (χ4v) is 2.27. The van der Waals surface area contributed by atoms with E-state index in [2.05, 4.69) is 20.2 Å². The number of aliphatic hydroxyl groups excluding tert-OH is 3. The number of aliphatic hydroxyl groups is 3. The Morgan fingerprint density at radius 3 is 2.70 bits per heavy atom. The lowest BCUT2D eigenvalue weighted by Gasteiger charge is -2.12. The lowest BCUT2D eigenvalue weighted by atomic mass is 10.1. The molecule has 0 amide bonds. The van der Waals surface area contributed by atoms with Gasteiger partial charge < -0.3 is 20.1 Å². The summed E-state index contributed by atoms with van der Waals surface area (Å²) in [6.07, 6.45) is -3.02. The van der Waals surface area contributed by atoms with Crippen molar-refractivity contribution in [2.24, 2.45) is 0 Å². The van der Waals surface area contributed by atoms with Crippen LogP contribution in [0.3, 0.4) is 0 Å². The molecule has 1 aliphatic heterocycles. The van der Waals surface area contributed by atoms with Gasteiger partial charge in [-0.1, -0.05) is 0 Å². The first-order chi connectivity index (χ1) is 9.67. The second-order valence-corrected chi connectivity index (χ2v) is 4.43. The van der Waals surface area contributed by atoms with Gasteiger partial charge in [-0.05, 0) is 0 Å². The standard InChI is InChI=1S/C10H13N5O5/c16-1-3-7(17)8(18)9(20-3)5-4-6(14-13-5)10(15-19)12-2-11-4/h2-3,7-9,16-19H,1H2,(H,13,14)(H,11,12,15)/t3-,7-,8-,9+/m1/s1. The van der Waals surface area contributed by atoms with E-state index in [1.54, 1.807) is 0 Å². The summed E-state index contributed by atoms with van der Waals surface area (Å²) in [6, 6.07) is 0. The molecule has 2 aromatic heterocycles. The summed E-state index contributed by atoms with van der Waals surface area (Å²) in [4.78, 5) is 7.80. The number of H-pyrrole nitrogens is 1. The molecule has 0 spiro atoms. The fraction of sp³-hybridized carbons (Fsp3) is 0.500. The van der Waals surface area contributed by atoms with Crippen LogP contribution in [-0.4, -0.2) is 65.6 Å². The van der Waals surface area contributed by atoms with Gasteiger partial charge in [-0.2, -0.15) is 5.10 Å². The van der Waals surface area contributed by atoms with Crippen molar-refractivity contribution in [3.8, 4) is 0 Å². The van der Waals surface area contributed by atoms with Crippen LogP contribution in [0.25, 0.3) is 11.0 Å². The Kier molecular flexibility index (Phi) is 3.23. The van der Waals surface area contributed by atoms with E-state index < -0.39 is 31.0 Å². The summed E-state index contributed by atoms with van der Waals surface area (Å²) in [7, 11) is 0. The third-order valence-electron chi connectivity index (χ3n) is 3.30.